The summed E-state index contributed by atoms with van der Waals surface area (Å²) in [5.74, 6) is -4.58. The Labute approximate surface area is 276 Å². The number of methoxy groups -OCH3 is 1. The van der Waals surface area contributed by atoms with E-state index < -0.39 is 40.5 Å². The van der Waals surface area contributed by atoms with E-state index in [9.17, 15) is 20.0 Å². The standard InChI is InChI=1S/C34H25Br2Cl2NO4/c1-43-32(41)33(19-39)28(21-4-2-6-24(35)16-21)18-34(42,23-10-14-27(38)15-11-23)30(29(33)22-5-3-7-25(36)17-22)31(40)20-8-12-26(37)13-9-20/h2-17,28-30,42H,18H2,1H3/t28-,29-,30-,33-,34-/m0/s1. The Bertz CT molecular complexity index is 1720. The molecule has 0 bridgehead atoms. The highest BCUT2D eigenvalue weighted by molar-refractivity contribution is 9.10. The molecule has 43 heavy (non-hydrogen) atoms. The fourth-order valence-corrected chi connectivity index (χ4v) is 7.53. The molecule has 1 fully saturated rings. The van der Waals surface area contributed by atoms with Gasteiger partial charge < -0.3 is 9.84 Å². The molecule has 4 aromatic carbocycles. The predicted octanol–water partition coefficient (Wildman–Crippen LogP) is 8.86. The summed E-state index contributed by atoms with van der Waals surface area (Å²) >= 11 is 19.4. The number of rotatable bonds is 6. The van der Waals surface area contributed by atoms with Crippen LogP contribution in [0.4, 0.5) is 0 Å². The van der Waals surface area contributed by atoms with Crippen molar-refractivity contribution in [3.63, 3.8) is 0 Å². The molecule has 0 heterocycles. The van der Waals surface area contributed by atoms with E-state index >= 15 is 0 Å². The van der Waals surface area contributed by atoms with Gasteiger partial charge in [0.15, 0.2) is 11.2 Å². The number of ether oxygens (including phenoxy) is 1. The van der Waals surface area contributed by atoms with Crippen LogP contribution in [0.3, 0.4) is 0 Å². The molecule has 0 radical (unpaired) electrons. The lowest BCUT2D eigenvalue weighted by Crippen LogP contribution is -2.59. The zero-order valence-corrected chi connectivity index (χ0v) is 27.5. The number of nitrogens with zero attached hydrogens (tertiary/aromatic N) is 1. The maximum absolute atomic E-state index is 14.7. The Balaban J connectivity index is 1.91. The minimum Gasteiger partial charge on any atom is -0.468 e. The molecule has 0 aromatic heterocycles. The van der Waals surface area contributed by atoms with Crippen molar-refractivity contribution in [2.45, 2.75) is 23.9 Å². The highest BCUT2D eigenvalue weighted by atomic mass is 79.9. The van der Waals surface area contributed by atoms with Crippen molar-refractivity contribution < 1.29 is 19.4 Å². The molecule has 4 aromatic rings. The molecule has 1 aliphatic rings. The summed E-state index contributed by atoms with van der Waals surface area (Å²) in [5.41, 5.74) is -1.91. The molecule has 0 spiro atoms. The molecule has 9 heteroatoms. The number of hydrogen-bond acceptors (Lipinski definition) is 5. The fraction of sp³-hybridized carbons (Fsp3) is 0.206. The summed E-state index contributed by atoms with van der Waals surface area (Å²) in [7, 11) is 1.23. The zero-order valence-electron chi connectivity index (χ0n) is 22.8. The topological polar surface area (TPSA) is 87.4 Å². The quantitative estimate of drug-likeness (QED) is 0.158. The average Bonchev–Trinajstić information content (AvgIpc) is 3.00. The van der Waals surface area contributed by atoms with Crippen LogP contribution in [0.5, 0.6) is 0 Å². The highest BCUT2D eigenvalue weighted by Crippen LogP contribution is 2.64. The molecule has 1 aliphatic carbocycles. The highest BCUT2D eigenvalue weighted by Gasteiger charge is 2.67. The lowest BCUT2D eigenvalue weighted by Gasteiger charge is -2.54. The van der Waals surface area contributed by atoms with Gasteiger partial charge >= 0.3 is 5.97 Å². The normalized spacial score (nSPS) is 25.0. The number of benzene rings is 4. The molecule has 5 rings (SSSR count). The second-order valence-corrected chi connectivity index (χ2v) is 13.3. The smallest absolute Gasteiger partial charge is 0.327 e. The van der Waals surface area contributed by atoms with Crippen molar-refractivity contribution in [3.05, 3.63) is 138 Å². The molecule has 0 saturated heterocycles. The lowest BCUT2D eigenvalue weighted by atomic mass is 9.47. The Morgan fingerprint density at radius 3 is 1.95 bits per heavy atom. The fourth-order valence-electron chi connectivity index (χ4n) is 6.44. The number of carbonyl (C=O) groups excluding carboxylic acids is 2. The van der Waals surface area contributed by atoms with Crippen molar-refractivity contribution in [2.24, 2.45) is 11.3 Å². The van der Waals surface area contributed by atoms with Crippen LogP contribution in [0.2, 0.25) is 10.0 Å². The van der Waals surface area contributed by atoms with Gasteiger partial charge in [-0.25, -0.2) is 0 Å². The van der Waals surface area contributed by atoms with Crippen LogP contribution < -0.4 is 0 Å². The molecule has 218 valence electrons. The van der Waals surface area contributed by atoms with Crippen molar-refractivity contribution in [3.8, 4) is 6.07 Å². The van der Waals surface area contributed by atoms with Gasteiger partial charge in [0.2, 0.25) is 0 Å². The van der Waals surface area contributed by atoms with E-state index in [1.54, 1.807) is 72.8 Å². The van der Waals surface area contributed by atoms with Gasteiger partial charge in [0, 0.05) is 36.4 Å². The summed E-state index contributed by atoms with van der Waals surface area (Å²) < 4.78 is 6.79. The average molecular weight is 742 g/mol. The van der Waals surface area contributed by atoms with Crippen LogP contribution in [-0.4, -0.2) is 24.0 Å². The molecule has 5 nitrogen and oxygen atoms in total. The molecular formula is C34H25Br2Cl2NO4. The molecule has 1 saturated carbocycles. The van der Waals surface area contributed by atoms with E-state index in [0.717, 1.165) is 4.47 Å². The first-order valence-corrected chi connectivity index (χ1v) is 15.7. The first-order valence-electron chi connectivity index (χ1n) is 13.3. The van der Waals surface area contributed by atoms with Crippen molar-refractivity contribution in [2.75, 3.05) is 7.11 Å². The summed E-state index contributed by atoms with van der Waals surface area (Å²) in [6, 6.07) is 29.7. The number of carbonyl (C=O) groups is 2. The second kappa shape index (κ2) is 12.6. The summed E-state index contributed by atoms with van der Waals surface area (Å²) in [4.78, 5) is 28.8. The third-order valence-corrected chi connectivity index (χ3v) is 9.82. The van der Waals surface area contributed by atoms with Crippen molar-refractivity contribution in [1.82, 2.24) is 0 Å². The molecule has 0 aliphatic heterocycles. The van der Waals surface area contributed by atoms with Crippen molar-refractivity contribution >= 4 is 66.8 Å². The largest absolute Gasteiger partial charge is 0.468 e. The van der Waals surface area contributed by atoms with Crippen LogP contribution in [0.15, 0.2) is 106 Å². The van der Waals surface area contributed by atoms with Crippen molar-refractivity contribution in [1.29, 1.82) is 5.26 Å². The van der Waals surface area contributed by atoms with Gasteiger partial charge in [-0.1, -0.05) is 91.5 Å². The number of hydrogen-bond donors (Lipinski definition) is 1. The first-order chi connectivity index (χ1) is 20.5. The molecule has 1 N–H and O–H groups in total. The molecule has 5 atom stereocenters. The number of Topliss-reactive ketones (excluding diaryl/α,β-unsaturated/α-hetero) is 1. The van der Waals surface area contributed by atoms with Crippen LogP contribution in [0.25, 0.3) is 0 Å². The Morgan fingerprint density at radius 2 is 1.42 bits per heavy atom. The summed E-state index contributed by atoms with van der Waals surface area (Å²) in [6.45, 7) is 0. The first kappa shape index (κ1) is 31.4. The molecular weight excluding hydrogens is 717 g/mol. The number of ketones is 1. The summed E-state index contributed by atoms with van der Waals surface area (Å²) in [6.07, 6.45) is -0.137. The SMILES string of the molecule is COC(=O)[C@@]1(C#N)[C@H](c2cccc(Br)c2)C[C@](O)(c2ccc(Cl)cc2)[C@H](C(=O)c2ccc(Cl)cc2)[C@@H]1c1cccc(Br)c1. The van der Waals surface area contributed by atoms with Gasteiger partial charge in [-0.05, 0) is 83.8 Å². The number of esters is 1. The second-order valence-electron chi connectivity index (χ2n) is 10.6. The number of nitriles is 1. The maximum atomic E-state index is 14.7. The van der Waals surface area contributed by atoms with Gasteiger partial charge in [-0.15, -0.1) is 0 Å². The Kier molecular flexibility index (Phi) is 9.18. The third kappa shape index (κ3) is 5.68. The Hall–Kier alpha value is -2.99. The van der Waals surface area contributed by atoms with Crippen LogP contribution in [0.1, 0.15) is 45.3 Å². The van der Waals surface area contributed by atoms with Gasteiger partial charge in [0.25, 0.3) is 0 Å². The third-order valence-electron chi connectivity index (χ3n) is 8.33. The predicted molar refractivity (Wildman–Crippen MR) is 173 cm³/mol. The van der Waals surface area contributed by atoms with E-state index in [-0.39, 0.29) is 12.0 Å². The van der Waals surface area contributed by atoms with Gasteiger partial charge in [0.1, 0.15) is 5.60 Å². The summed E-state index contributed by atoms with van der Waals surface area (Å²) in [5, 5.41) is 25.0. The zero-order chi connectivity index (χ0) is 30.9. The molecule has 0 amide bonds. The van der Waals surface area contributed by atoms with E-state index in [4.69, 9.17) is 27.9 Å². The van der Waals surface area contributed by atoms with E-state index in [1.807, 2.05) is 24.3 Å². The minimum absolute atomic E-state index is 0.137. The molecule has 0 unspecified atom stereocenters. The van der Waals surface area contributed by atoms with Gasteiger partial charge in [-0.2, -0.15) is 5.26 Å². The van der Waals surface area contributed by atoms with E-state index in [0.29, 0.717) is 31.2 Å². The number of aliphatic hydroxyl groups is 1. The monoisotopic (exact) mass is 739 g/mol. The van der Waals surface area contributed by atoms with Crippen LogP contribution in [-0.2, 0) is 15.1 Å². The number of halogens is 4. The van der Waals surface area contributed by atoms with E-state index in [2.05, 4.69) is 37.9 Å². The minimum atomic E-state index is -1.91. The van der Waals surface area contributed by atoms with Gasteiger partial charge in [-0.3, -0.25) is 9.59 Å². The Morgan fingerprint density at radius 1 is 0.884 bits per heavy atom. The van der Waals surface area contributed by atoms with Crippen LogP contribution >= 0.6 is 55.1 Å². The lowest BCUT2D eigenvalue weighted by molar-refractivity contribution is -0.162. The van der Waals surface area contributed by atoms with E-state index in [1.165, 1.54) is 7.11 Å². The maximum Gasteiger partial charge on any atom is 0.327 e. The van der Waals surface area contributed by atoms with Gasteiger partial charge in [0.05, 0.1) is 19.1 Å². The van der Waals surface area contributed by atoms with Crippen LogP contribution in [0, 0.1) is 22.7 Å².